The Bertz CT molecular complexity index is 1420. The third kappa shape index (κ3) is 4.44. The second kappa shape index (κ2) is 10.0. The lowest BCUT2D eigenvalue weighted by molar-refractivity contribution is 0.242. The van der Waals surface area contributed by atoms with Crippen LogP contribution in [0.25, 0.3) is 16.6 Å². The number of ether oxygens (including phenoxy) is 1. The van der Waals surface area contributed by atoms with Crippen molar-refractivity contribution in [1.29, 1.82) is 0 Å². The number of benzene rings is 1. The van der Waals surface area contributed by atoms with Gasteiger partial charge in [-0.25, -0.2) is 4.39 Å². The number of hydrogen-bond acceptors (Lipinski definition) is 4. The van der Waals surface area contributed by atoms with Crippen LogP contribution < -0.4 is 10.3 Å². The van der Waals surface area contributed by atoms with Gasteiger partial charge in [-0.05, 0) is 55.3 Å². The molecular formula is C26H27Cl2FN4O2. The molecule has 5 heterocycles. The lowest BCUT2D eigenvalue weighted by Crippen LogP contribution is -2.31. The van der Waals surface area contributed by atoms with E-state index >= 15 is 0 Å². The predicted molar refractivity (Wildman–Crippen MR) is 139 cm³/mol. The molecule has 0 spiro atoms. The summed E-state index contributed by atoms with van der Waals surface area (Å²) in [7, 11) is 2.14. The fourth-order valence-corrected chi connectivity index (χ4v) is 5.41. The van der Waals surface area contributed by atoms with Crippen molar-refractivity contribution in [2.75, 3.05) is 13.1 Å². The molecule has 0 bridgehead atoms. The minimum Gasteiger partial charge on any atom is -0.487 e. The maximum absolute atomic E-state index is 13.0. The first-order valence-corrected chi connectivity index (χ1v) is 11.4. The summed E-state index contributed by atoms with van der Waals surface area (Å²) in [5.74, 6) is 0.0667. The highest BCUT2D eigenvalue weighted by atomic mass is 35.5. The molecule has 1 aromatic carbocycles. The second-order valence-electron chi connectivity index (χ2n) is 8.89. The van der Waals surface area contributed by atoms with Crippen LogP contribution in [0.15, 0.2) is 59.7 Å². The number of pyridine rings is 2. The molecule has 2 aliphatic rings. The molecule has 1 unspecified atom stereocenters. The first-order chi connectivity index (χ1) is 16.1. The molecule has 2 aliphatic heterocycles. The average molecular weight is 517 g/mol. The van der Waals surface area contributed by atoms with Crippen molar-refractivity contribution in [3.8, 4) is 11.4 Å². The smallest absolute Gasteiger partial charge is 0.258 e. The summed E-state index contributed by atoms with van der Waals surface area (Å²) in [5, 5.41) is 1.30. The van der Waals surface area contributed by atoms with E-state index in [9.17, 15) is 9.18 Å². The molecule has 4 aromatic rings. The first kappa shape index (κ1) is 25.2. The average Bonchev–Trinajstić information content (AvgIpc) is 3.41. The van der Waals surface area contributed by atoms with Gasteiger partial charge < -0.3 is 9.30 Å². The molecule has 0 N–H and O–H groups in total. The fourth-order valence-electron chi connectivity index (χ4n) is 5.41. The van der Waals surface area contributed by atoms with Crippen LogP contribution in [0.4, 0.5) is 4.39 Å². The molecule has 0 saturated carbocycles. The SMILES string of the molecule is Cl.Cl.Cn1c2c(c3ccc(-n4ccc(OCc5ccc(F)cn5)cc4=O)cc31)C1CCCN1CC2. The van der Waals surface area contributed by atoms with Gasteiger partial charge in [0.2, 0.25) is 0 Å². The molecule has 1 atom stereocenters. The molecule has 6 nitrogen and oxygen atoms in total. The van der Waals surface area contributed by atoms with E-state index < -0.39 is 5.82 Å². The van der Waals surface area contributed by atoms with Gasteiger partial charge in [0.15, 0.2) is 0 Å². The molecule has 1 saturated heterocycles. The van der Waals surface area contributed by atoms with Crippen LogP contribution in [-0.2, 0) is 20.1 Å². The maximum Gasteiger partial charge on any atom is 0.258 e. The van der Waals surface area contributed by atoms with Crippen molar-refractivity contribution < 1.29 is 9.13 Å². The third-order valence-electron chi connectivity index (χ3n) is 7.03. The summed E-state index contributed by atoms with van der Waals surface area (Å²) in [6.45, 7) is 2.49. The topological polar surface area (TPSA) is 52.3 Å². The van der Waals surface area contributed by atoms with Crippen LogP contribution in [0.3, 0.4) is 0 Å². The summed E-state index contributed by atoms with van der Waals surface area (Å²) in [5.41, 5.74) is 5.34. The summed E-state index contributed by atoms with van der Waals surface area (Å²) in [4.78, 5) is 19.5. The van der Waals surface area contributed by atoms with Crippen LogP contribution in [0.2, 0.25) is 0 Å². The molecule has 0 aliphatic carbocycles. The number of nitrogens with zero attached hydrogens (tertiary/aromatic N) is 4. The number of fused-ring (bicyclic) bond motifs is 5. The van der Waals surface area contributed by atoms with Crippen molar-refractivity contribution in [2.45, 2.75) is 31.9 Å². The molecule has 0 amide bonds. The lowest BCUT2D eigenvalue weighted by atomic mass is 9.96. The molecule has 35 heavy (non-hydrogen) atoms. The van der Waals surface area contributed by atoms with Gasteiger partial charge in [-0.15, -0.1) is 24.8 Å². The van der Waals surface area contributed by atoms with E-state index in [1.54, 1.807) is 22.9 Å². The highest BCUT2D eigenvalue weighted by Gasteiger charge is 2.34. The fraction of sp³-hybridized carbons (Fsp3) is 0.308. The standard InChI is InChI=1S/C26H25FN4O2.2ClH/c1-29-22-9-11-30-10-2-3-23(30)26(22)21-7-6-19(13-24(21)29)31-12-8-20(14-25(31)32)33-16-18-5-4-17(27)15-28-18;;/h4-8,12-15,23H,2-3,9-11,16H2,1H3;2*1H. The zero-order valence-electron chi connectivity index (χ0n) is 19.3. The Morgan fingerprint density at radius 1 is 1.11 bits per heavy atom. The quantitative estimate of drug-likeness (QED) is 0.383. The predicted octanol–water partition coefficient (Wildman–Crippen LogP) is 4.98. The van der Waals surface area contributed by atoms with E-state index in [2.05, 4.69) is 33.6 Å². The van der Waals surface area contributed by atoms with Gasteiger partial charge in [0.1, 0.15) is 18.2 Å². The number of halogens is 3. The third-order valence-corrected chi connectivity index (χ3v) is 7.03. The van der Waals surface area contributed by atoms with Gasteiger partial charge in [-0.3, -0.25) is 19.2 Å². The zero-order chi connectivity index (χ0) is 22.5. The largest absolute Gasteiger partial charge is 0.487 e. The molecule has 1 fully saturated rings. The molecule has 9 heteroatoms. The Morgan fingerprint density at radius 2 is 1.97 bits per heavy atom. The van der Waals surface area contributed by atoms with E-state index in [1.165, 1.54) is 53.7 Å². The van der Waals surface area contributed by atoms with Crippen LogP contribution in [-0.4, -0.2) is 32.1 Å². The monoisotopic (exact) mass is 516 g/mol. The van der Waals surface area contributed by atoms with Gasteiger partial charge in [0, 0.05) is 49.4 Å². The lowest BCUT2D eigenvalue weighted by Gasteiger charge is -2.30. The highest BCUT2D eigenvalue weighted by molar-refractivity contribution is 5.88. The van der Waals surface area contributed by atoms with E-state index in [0.29, 0.717) is 17.5 Å². The van der Waals surface area contributed by atoms with Crippen molar-refractivity contribution in [3.63, 3.8) is 0 Å². The van der Waals surface area contributed by atoms with Gasteiger partial charge in [0.25, 0.3) is 5.56 Å². The van der Waals surface area contributed by atoms with E-state index in [4.69, 9.17) is 4.74 Å². The molecule has 184 valence electrons. The van der Waals surface area contributed by atoms with Gasteiger partial charge >= 0.3 is 0 Å². The van der Waals surface area contributed by atoms with Crippen molar-refractivity contribution in [3.05, 3.63) is 88.0 Å². The Kier molecular flexibility index (Phi) is 7.22. The maximum atomic E-state index is 13.0. The summed E-state index contributed by atoms with van der Waals surface area (Å²) < 4.78 is 22.6. The van der Waals surface area contributed by atoms with Crippen LogP contribution in [0.1, 0.15) is 35.8 Å². The zero-order valence-corrected chi connectivity index (χ0v) is 20.9. The van der Waals surface area contributed by atoms with Gasteiger partial charge in [0.05, 0.1) is 23.1 Å². The highest BCUT2D eigenvalue weighted by Crippen LogP contribution is 2.42. The van der Waals surface area contributed by atoms with Crippen molar-refractivity contribution in [2.24, 2.45) is 7.05 Å². The number of aryl methyl sites for hydroxylation is 1. The Hall–Kier alpha value is -2.87. The minimum atomic E-state index is -0.391. The van der Waals surface area contributed by atoms with E-state index in [-0.39, 0.29) is 37.0 Å². The van der Waals surface area contributed by atoms with Crippen LogP contribution in [0, 0.1) is 5.82 Å². The Labute approximate surface area is 215 Å². The molecule has 0 radical (unpaired) electrons. The minimum absolute atomic E-state index is 0. The Morgan fingerprint density at radius 3 is 2.74 bits per heavy atom. The molecule has 3 aromatic heterocycles. The first-order valence-electron chi connectivity index (χ1n) is 11.4. The van der Waals surface area contributed by atoms with E-state index in [0.717, 1.165) is 24.8 Å². The van der Waals surface area contributed by atoms with Gasteiger partial charge in [-0.2, -0.15) is 0 Å². The number of hydrogen-bond donors (Lipinski definition) is 0. The van der Waals surface area contributed by atoms with E-state index in [1.807, 2.05) is 6.07 Å². The molecular weight excluding hydrogens is 490 g/mol. The summed E-state index contributed by atoms with van der Waals surface area (Å²) >= 11 is 0. The second-order valence-corrected chi connectivity index (χ2v) is 8.89. The summed E-state index contributed by atoms with van der Waals surface area (Å²) in [6, 6.07) is 13.0. The van der Waals surface area contributed by atoms with Gasteiger partial charge in [-0.1, -0.05) is 6.07 Å². The normalized spacial score (nSPS) is 16.8. The van der Waals surface area contributed by atoms with Crippen molar-refractivity contribution >= 4 is 35.7 Å². The number of aromatic nitrogens is 3. The number of rotatable bonds is 4. The van der Waals surface area contributed by atoms with Crippen LogP contribution in [0.5, 0.6) is 5.75 Å². The Balaban J connectivity index is 0.00000144. The van der Waals surface area contributed by atoms with Crippen LogP contribution >= 0.6 is 24.8 Å². The molecule has 6 rings (SSSR count). The summed E-state index contributed by atoms with van der Waals surface area (Å²) in [6.07, 6.45) is 6.44. The van der Waals surface area contributed by atoms with Crippen molar-refractivity contribution in [1.82, 2.24) is 19.0 Å².